The van der Waals surface area contributed by atoms with Crippen molar-refractivity contribution in [3.05, 3.63) is 23.8 Å². The molecule has 1 aromatic rings. The third-order valence-corrected chi connectivity index (χ3v) is 2.88. The summed E-state index contributed by atoms with van der Waals surface area (Å²) in [5.74, 6) is 1.35. The van der Waals surface area contributed by atoms with Crippen molar-refractivity contribution in [1.29, 1.82) is 0 Å². The van der Waals surface area contributed by atoms with E-state index in [-0.39, 0.29) is 5.97 Å². The molecule has 0 N–H and O–H groups in total. The molecule has 0 saturated carbocycles. The standard InChI is InChI=1S/C16H22O5/c1-5-6-9-21-16(17)8-7-12-10-14(19-3)15(20-4)11-13(12)18-2/h7-8,10-11H,5-6,9H2,1-4H3. The Balaban J connectivity index is 2.88. The van der Waals surface area contributed by atoms with E-state index in [9.17, 15) is 4.79 Å². The van der Waals surface area contributed by atoms with Crippen LogP contribution in [0.25, 0.3) is 6.08 Å². The molecule has 1 rings (SSSR count). The Morgan fingerprint density at radius 2 is 1.67 bits per heavy atom. The number of benzene rings is 1. The first-order valence-corrected chi connectivity index (χ1v) is 6.81. The quantitative estimate of drug-likeness (QED) is 0.419. The van der Waals surface area contributed by atoms with Gasteiger partial charge in [-0.15, -0.1) is 0 Å². The van der Waals surface area contributed by atoms with Crippen molar-refractivity contribution in [3.8, 4) is 17.2 Å². The monoisotopic (exact) mass is 294 g/mol. The number of ether oxygens (including phenoxy) is 4. The van der Waals surface area contributed by atoms with Gasteiger partial charge in [-0.1, -0.05) is 13.3 Å². The van der Waals surface area contributed by atoms with Crippen LogP contribution in [0.2, 0.25) is 0 Å². The van der Waals surface area contributed by atoms with Gasteiger partial charge in [-0.25, -0.2) is 4.79 Å². The van der Waals surface area contributed by atoms with Gasteiger partial charge in [0.2, 0.25) is 0 Å². The SMILES string of the molecule is CCCCOC(=O)C=Cc1cc(OC)c(OC)cc1OC. The van der Waals surface area contributed by atoms with E-state index in [0.29, 0.717) is 29.4 Å². The molecule has 0 radical (unpaired) electrons. The molecule has 0 atom stereocenters. The summed E-state index contributed by atoms with van der Waals surface area (Å²) < 4.78 is 20.8. The van der Waals surface area contributed by atoms with E-state index in [2.05, 4.69) is 0 Å². The Morgan fingerprint density at radius 3 is 2.24 bits per heavy atom. The summed E-state index contributed by atoms with van der Waals surface area (Å²) in [5.41, 5.74) is 0.711. The molecule has 0 fully saturated rings. The second kappa shape index (κ2) is 8.89. The lowest BCUT2D eigenvalue weighted by atomic mass is 10.1. The van der Waals surface area contributed by atoms with Crippen LogP contribution in [0.1, 0.15) is 25.3 Å². The Morgan fingerprint density at radius 1 is 1.05 bits per heavy atom. The zero-order valence-corrected chi connectivity index (χ0v) is 13.0. The molecule has 21 heavy (non-hydrogen) atoms. The minimum Gasteiger partial charge on any atom is -0.496 e. The summed E-state index contributed by atoms with van der Waals surface area (Å²) in [7, 11) is 4.66. The second-order valence-corrected chi connectivity index (χ2v) is 4.30. The minimum atomic E-state index is -0.375. The van der Waals surface area contributed by atoms with Crippen LogP contribution in [0.4, 0.5) is 0 Å². The van der Waals surface area contributed by atoms with Crippen molar-refractivity contribution in [3.63, 3.8) is 0 Å². The molecule has 5 heteroatoms. The lowest BCUT2D eigenvalue weighted by molar-refractivity contribution is -0.137. The fraction of sp³-hybridized carbons (Fsp3) is 0.438. The molecule has 0 unspecified atom stereocenters. The fourth-order valence-corrected chi connectivity index (χ4v) is 1.71. The molecule has 0 bridgehead atoms. The van der Waals surface area contributed by atoms with Crippen molar-refractivity contribution in [2.45, 2.75) is 19.8 Å². The van der Waals surface area contributed by atoms with Crippen molar-refractivity contribution in [2.24, 2.45) is 0 Å². The van der Waals surface area contributed by atoms with Gasteiger partial charge in [0, 0.05) is 17.7 Å². The molecular formula is C16H22O5. The molecule has 116 valence electrons. The van der Waals surface area contributed by atoms with Crippen LogP contribution in [0.3, 0.4) is 0 Å². The highest BCUT2D eigenvalue weighted by Crippen LogP contribution is 2.35. The molecule has 0 spiro atoms. The minimum absolute atomic E-state index is 0.375. The van der Waals surface area contributed by atoms with E-state index in [1.54, 1.807) is 39.5 Å². The third-order valence-electron chi connectivity index (χ3n) is 2.88. The summed E-state index contributed by atoms with van der Waals surface area (Å²) >= 11 is 0. The van der Waals surface area contributed by atoms with Crippen LogP contribution in [0.5, 0.6) is 17.2 Å². The maximum Gasteiger partial charge on any atom is 0.330 e. The first-order valence-electron chi connectivity index (χ1n) is 6.81. The van der Waals surface area contributed by atoms with Crippen LogP contribution >= 0.6 is 0 Å². The molecule has 0 aliphatic carbocycles. The number of hydrogen-bond donors (Lipinski definition) is 0. The number of methoxy groups -OCH3 is 3. The van der Waals surface area contributed by atoms with Crippen molar-refractivity contribution in [2.75, 3.05) is 27.9 Å². The predicted octanol–water partition coefficient (Wildman–Crippen LogP) is 3.07. The van der Waals surface area contributed by atoms with Gasteiger partial charge in [0.05, 0.1) is 27.9 Å². The van der Waals surface area contributed by atoms with E-state index >= 15 is 0 Å². The first kappa shape index (κ1) is 16.9. The van der Waals surface area contributed by atoms with Gasteiger partial charge in [0.15, 0.2) is 11.5 Å². The van der Waals surface area contributed by atoms with Crippen molar-refractivity contribution >= 4 is 12.0 Å². The van der Waals surface area contributed by atoms with Gasteiger partial charge in [0.1, 0.15) is 5.75 Å². The largest absolute Gasteiger partial charge is 0.496 e. The number of esters is 1. The van der Waals surface area contributed by atoms with E-state index in [1.807, 2.05) is 6.92 Å². The van der Waals surface area contributed by atoms with Gasteiger partial charge in [-0.05, 0) is 18.6 Å². The van der Waals surface area contributed by atoms with E-state index in [0.717, 1.165) is 12.8 Å². The van der Waals surface area contributed by atoms with E-state index in [4.69, 9.17) is 18.9 Å². The lowest BCUT2D eigenvalue weighted by Crippen LogP contribution is -2.01. The molecule has 0 saturated heterocycles. The van der Waals surface area contributed by atoms with Crippen LogP contribution in [-0.4, -0.2) is 33.9 Å². The molecule has 0 heterocycles. The molecule has 0 aliphatic heterocycles. The Labute approximate surface area is 125 Å². The number of hydrogen-bond acceptors (Lipinski definition) is 5. The normalized spacial score (nSPS) is 10.5. The van der Waals surface area contributed by atoms with E-state index < -0.39 is 0 Å². The fourth-order valence-electron chi connectivity index (χ4n) is 1.71. The highest BCUT2D eigenvalue weighted by atomic mass is 16.5. The van der Waals surface area contributed by atoms with Crippen LogP contribution in [-0.2, 0) is 9.53 Å². The predicted molar refractivity (Wildman–Crippen MR) is 81.0 cm³/mol. The van der Waals surface area contributed by atoms with Gasteiger partial charge >= 0.3 is 5.97 Å². The summed E-state index contributed by atoms with van der Waals surface area (Å²) in [6, 6.07) is 3.45. The van der Waals surface area contributed by atoms with Crippen LogP contribution < -0.4 is 14.2 Å². The number of rotatable bonds is 8. The maximum absolute atomic E-state index is 11.6. The van der Waals surface area contributed by atoms with Gasteiger partial charge < -0.3 is 18.9 Å². The molecular weight excluding hydrogens is 272 g/mol. The highest BCUT2D eigenvalue weighted by Gasteiger charge is 2.10. The first-order chi connectivity index (χ1) is 10.2. The highest BCUT2D eigenvalue weighted by molar-refractivity contribution is 5.87. The van der Waals surface area contributed by atoms with Gasteiger partial charge in [-0.2, -0.15) is 0 Å². The van der Waals surface area contributed by atoms with Gasteiger partial charge in [-0.3, -0.25) is 0 Å². The average molecular weight is 294 g/mol. The molecule has 0 amide bonds. The smallest absolute Gasteiger partial charge is 0.330 e. The number of unbranched alkanes of at least 4 members (excludes halogenated alkanes) is 1. The topological polar surface area (TPSA) is 54.0 Å². The van der Waals surface area contributed by atoms with Crippen LogP contribution in [0, 0.1) is 0 Å². The second-order valence-electron chi connectivity index (χ2n) is 4.30. The Kier molecular flexibility index (Phi) is 7.15. The molecule has 1 aromatic carbocycles. The average Bonchev–Trinajstić information content (AvgIpc) is 2.52. The zero-order valence-electron chi connectivity index (χ0n) is 13.0. The van der Waals surface area contributed by atoms with Crippen molar-refractivity contribution in [1.82, 2.24) is 0 Å². The van der Waals surface area contributed by atoms with Crippen LogP contribution in [0.15, 0.2) is 18.2 Å². The summed E-state index contributed by atoms with van der Waals surface area (Å²) in [5, 5.41) is 0. The van der Waals surface area contributed by atoms with Crippen molar-refractivity contribution < 1.29 is 23.7 Å². The molecule has 0 aliphatic rings. The Bertz CT molecular complexity index is 494. The summed E-state index contributed by atoms with van der Waals surface area (Å²) in [4.78, 5) is 11.6. The number of carbonyl (C=O) groups is 1. The summed E-state index contributed by atoms with van der Waals surface area (Å²) in [6.07, 6.45) is 4.86. The molecule has 5 nitrogen and oxygen atoms in total. The zero-order chi connectivity index (χ0) is 15.7. The maximum atomic E-state index is 11.6. The van der Waals surface area contributed by atoms with Gasteiger partial charge in [0.25, 0.3) is 0 Å². The number of carbonyl (C=O) groups excluding carboxylic acids is 1. The molecule has 0 aromatic heterocycles. The Hall–Kier alpha value is -2.17. The van der Waals surface area contributed by atoms with E-state index in [1.165, 1.54) is 6.08 Å². The summed E-state index contributed by atoms with van der Waals surface area (Å²) in [6.45, 7) is 2.47. The lowest BCUT2D eigenvalue weighted by Gasteiger charge is -2.12. The third kappa shape index (κ3) is 5.02.